The summed E-state index contributed by atoms with van der Waals surface area (Å²) in [6.45, 7) is 11.5. The standard InChI is InChI=1S/C13H27N3O/c1-10(5-6-12(17)15-14)16-8-7-11(9-16)13(2,3)4/h10-11H,5-9,14H2,1-4H3,(H,15,17). The summed E-state index contributed by atoms with van der Waals surface area (Å²) in [4.78, 5) is 13.6. The van der Waals surface area contributed by atoms with Crippen LogP contribution in [-0.4, -0.2) is 29.9 Å². The Morgan fingerprint density at radius 2 is 2.18 bits per heavy atom. The van der Waals surface area contributed by atoms with Gasteiger partial charge in [0.05, 0.1) is 0 Å². The minimum atomic E-state index is -0.0663. The molecule has 4 heteroatoms. The molecular weight excluding hydrogens is 214 g/mol. The molecule has 1 saturated heterocycles. The van der Waals surface area contributed by atoms with E-state index in [0.29, 0.717) is 17.9 Å². The fraction of sp³-hybridized carbons (Fsp3) is 0.923. The zero-order valence-electron chi connectivity index (χ0n) is 11.6. The van der Waals surface area contributed by atoms with Crippen molar-refractivity contribution in [1.29, 1.82) is 0 Å². The van der Waals surface area contributed by atoms with Crippen molar-refractivity contribution < 1.29 is 4.79 Å². The summed E-state index contributed by atoms with van der Waals surface area (Å²) in [6, 6.07) is 0.472. The largest absolute Gasteiger partial charge is 0.300 e. The molecule has 0 saturated carbocycles. The predicted molar refractivity (Wildman–Crippen MR) is 70.2 cm³/mol. The number of hydrogen-bond donors (Lipinski definition) is 2. The van der Waals surface area contributed by atoms with Crippen molar-refractivity contribution in [3.8, 4) is 0 Å². The number of hydrogen-bond acceptors (Lipinski definition) is 3. The summed E-state index contributed by atoms with van der Waals surface area (Å²) in [5.41, 5.74) is 2.58. The van der Waals surface area contributed by atoms with Crippen LogP contribution in [0.15, 0.2) is 0 Å². The molecule has 2 atom stereocenters. The third-order valence-corrected chi connectivity index (χ3v) is 4.02. The number of carbonyl (C=O) groups is 1. The molecule has 1 amide bonds. The molecule has 100 valence electrons. The molecule has 2 unspecified atom stereocenters. The fourth-order valence-electron chi connectivity index (χ4n) is 2.49. The Hall–Kier alpha value is -0.610. The van der Waals surface area contributed by atoms with E-state index >= 15 is 0 Å². The SMILES string of the molecule is CC(CCC(=O)NN)N1CCC(C(C)(C)C)C1. The molecule has 1 fully saturated rings. The number of hydrazine groups is 1. The second-order valence-corrected chi connectivity index (χ2v) is 6.30. The number of rotatable bonds is 4. The Kier molecular flexibility index (Phi) is 4.95. The molecule has 1 aliphatic heterocycles. The van der Waals surface area contributed by atoms with Crippen LogP contribution in [0.25, 0.3) is 0 Å². The van der Waals surface area contributed by atoms with Gasteiger partial charge in [-0.2, -0.15) is 0 Å². The zero-order chi connectivity index (χ0) is 13.1. The van der Waals surface area contributed by atoms with Gasteiger partial charge in [-0.15, -0.1) is 0 Å². The Morgan fingerprint density at radius 3 is 2.65 bits per heavy atom. The van der Waals surface area contributed by atoms with Gasteiger partial charge < -0.3 is 4.90 Å². The average molecular weight is 241 g/mol. The highest BCUT2D eigenvalue weighted by molar-refractivity contribution is 5.75. The first-order valence-electron chi connectivity index (χ1n) is 6.58. The molecule has 1 rings (SSSR count). The van der Waals surface area contributed by atoms with Crippen LogP contribution in [0.3, 0.4) is 0 Å². The molecule has 0 aromatic rings. The summed E-state index contributed by atoms with van der Waals surface area (Å²) in [5.74, 6) is 5.78. The topological polar surface area (TPSA) is 58.4 Å². The van der Waals surface area contributed by atoms with Crippen LogP contribution in [-0.2, 0) is 4.79 Å². The van der Waals surface area contributed by atoms with Gasteiger partial charge in [-0.25, -0.2) is 5.84 Å². The number of nitrogens with zero attached hydrogens (tertiary/aromatic N) is 1. The maximum Gasteiger partial charge on any atom is 0.233 e. The fourth-order valence-corrected chi connectivity index (χ4v) is 2.49. The van der Waals surface area contributed by atoms with Crippen molar-refractivity contribution in [2.45, 2.75) is 53.0 Å². The van der Waals surface area contributed by atoms with Crippen molar-refractivity contribution in [2.24, 2.45) is 17.2 Å². The van der Waals surface area contributed by atoms with Crippen molar-refractivity contribution in [3.63, 3.8) is 0 Å². The molecule has 17 heavy (non-hydrogen) atoms. The van der Waals surface area contributed by atoms with Crippen LogP contribution in [0, 0.1) is 11.3 Å². The monoisotopic (exact) mass is 241 g/mol. The van der Waals surface area contributed by atoms with Crippen LogP contribution < -0.4 is 11.3 Å². The normalized spacial score (nSPS) is 23.7. The van der Waals surface area contributed by atoms with Crippen LogP contribution in [0.2, 0.25) is 0 Å². The third-order valence-electron chi connectivity index (χ3n) is 4.02. The summed E-state index contributed by atoms with van der Waals surface area (Å²) in [5, 5.41) is 0. The van der Waals surface area contributed by atoms with Crippen LogP contribution >= 0.6 is 0 Å². The average Bonchev–Trinajstić information content (AvgIpc) is 2.74. The van der Waals surface area contributed by atoms with Gasteiger partial charge in [0.25, 0.3) is 0 Å². The molecule has 0 aliphatic carbocycles. The Bertz CT molecular complexity index is 260. The van der Waals surface area contributed by atoms with E-state index in [-0.39, 0.29) is 5.91 Å². The molecule has 1 heterocycles. The summed E-state index contributed by atoms with van der Waals surface area (Å²) >= 11 is 0. The molecule has 4 nitrogen and oxygen atoms in total. The van der Waals surface area contributed by atoms with Crippen LogP contribution in [0.1, 0.15) is 47.0 Å². The molecule has 1 aliphatic rings. The van der Waals surface area contributed by atoms with Gasteiger partial charge in [0.2, 0.25) is 5.91 Å². The Labute approximate surface area is 105 Å². The lowest BCUT2D eigenvalue weighted by Gasteiger charge is -2.29. The first kappa shape index (κ1) is 14.5. The van der Waals surface area contributed by atoms with Gasteiger partial charge in [0.15, 0.2) is 0 Å². The minimum Gasteiger partial charge on any atom is -0.300 e. The van der Waals surface area contributed by atoms with Gasteiger partial charge in [0.1, 0.15) is 0 Å². The van der Waals surface area contributed by atoms with Gasteiger partial charge in [-0.1, -0.05) is 20.8 Å². The van der Waals surface area contributed by atoms with E-state index in [4.69, 9.17) is 5.84 Å². The number of amides is 1. The molecule has 0 radical (unpaired) electrons. The van der Waals surface area contributed by atoms with Crippen molar-refractivity contribution >= 4 is 5.91 Å². The molecule has 0 spiro atoms. The van der Waals surface area contributed by atoms with E-state index in [9.17, 15) is 4.79 Å². The molecule has 0 aromatic carbocycles. The molecule has 3 N–H and O–H groups in total. The highest BCUT2D eigenvalue weighted by Crippen LogP contribution is 2.34. The Balaban J connectivity index is 2.35. The highest BCUT2D eigenvalue weighted by atomic mass is 16.2. The molecule has 0 aromatic heterocycles. The van der Waals surface area contributed by atoms with Gasteiger partial charge in [-0.05, 0) is 37.6 Å². The summed E-state index contributed by atoms with van der Waals surface area (Å²) in [6.07, 6.45) is 2.69. The van der Waals surface area contributed by atoms with Gasteiger partial charge in [0, 0.05) is 19.0 Å². The van der Waals surface area contributed by atoms with E-state index in [2.05, 4.69) is 38.0 Å². The quantitative estimate of drug-likeness (QED) is 0.445. The number of carbonyl (C=O) groups excluding carboxylic acids is 1. The van der Waals surface area contributed by atoms with Crippen molar-refractivity contribution in [2.75, 3.05) is 13.1 Å². The van der Waals surface area contributed by atoms with Crippen LogP contribution in [0.4, 0.5) is 0 Å². The third kappa shape index (κ3) is 4.28. The number of likely N-dealkylation sites (tertiary alicyclic amines) is 1. The van der Waals surface area contributed by atoms with E-state index in [1.165, 1.54) is 6.42 Å². The predicted octanol–water partition coefficient (Wildman–Crippen LogP) is 1.51. The van der Waals surface area contributed by atoms with Crippen LogP contribution in [0.5, 0.6) is 0 Å². The lowest BCUT2D eigenvalue weighted by molar-refractivity contribution is -0.121. The molecular formula is C13H27N3O. The summed E-state index contributed by atoms with van der Waals surface area (Å²) < 4.78 is 0. The lowest BCUT2D eigenvalue weighted by Crippen LogP contribution is -2.35. The van der Waals surface area contributed by atoms with Gasteiger partial charge in [-0.3, -0.25) is 10.2 Å². The van der Waals surface area contributed by atoms with E-state index in [1.54, 1.807) is 0 Å². The second-order valence-electron chi connectivity index (χ2n) is 6.30. The maximum atomic E-state index is 11.1. The first-order chi connectivity index (χ1) is 7.84. The zero-order valence-corrected chi connectivity index (χ0v) is 11.6. The minimum absolute atomic E-state index is 0.0663. The van der Waals surface area contributed by atoms with E-state index in [1.807, 2.05) is 0 Å². The van der Waals surface area contributed by atoms with Crippen molar-refractivity contribution in [1.82, 2.24) is 10.3 Å². The van der Waals surface area contributed by atoms with Crippen molar-refractivity contribution in [3.05, 3.63) is 0 Å². The van der Waals surface area contributed by atoms with E-state index in [0.717, 1.165) is 25.4 Å². The smallest absolute Gasteiger partial charge is 0.233 e. The lowest BCUT2D eigenvalue weighted by atomic mass is 9.80. The summed E-state index contributed by atoms with van der Waals surface area (Å²) in [7, 11) is 0. The number of nitrogens with one attached hydrogen (secondary N) is 1. The highest BCUT2D eigenvalue weighted by Gasteiger charge is 2.33. The second kappa shape index (κ2) is 5.83. The van der Waals surface area contributed by atoms with Gasteiger partial charge >= 0.3 is 0 Å². The van der Waals surface area contributed by atoms with E-state index < -0.39 is 0 Å². The molecule has 0 bridgehead atoms. The number of nitrogens with two attached hydrogens (primary N) is 1. The Morgan fingerprint density at radius 1 is 1.53 bits per heavy atom. The first-order valence-corrected chi connectivity index (χ1v) is 6.58. The maximum absolute atomic E-state index is 11.1.